The Morgan fingerprint density at radius 3 is 3.17 bits per heavy atom. The van der Waals surface area contributed by atoms with Gasteiger partial charge in [0.25, 0.3) is 0 Å². The molecule has 18 heavy (non-hydrogen) atoms. The SMILES string of the molecule is C[C@@H]1CNCCN1CC(=O)N(C)Cc1cccs1. The van der Waals surface area contributed by atoms with E-state index < -0.39 is 0 Å². The van der Waals surface area contributed by atoms with Crippen LogP contribution in [0.1, 0.15) is 11.8 Å². The second-order valence-electron chi connectivity index (χ2n) is 4.85. The van der Waals surface area contributed by atoms with E-state index in [-0.39, 0.29) is 5.91 Å². The van der Waals surface area contributed by atoms with E-state index >= 15 is 0 Å². The van der Waals surface area contributed by atoms with Crippen molar-refractivity contribution in [3.05, 3.63) is 22.4 Å². The van der Waals surface area contributed by atoms with Gasteiger partial charge in [-0.05, 0) is 18.4 Å². The summed E-state index contributed by atoms with van der Waals surface area (Å²) in [4.78, 5) is 17.5. The molecule has 1 aliphatic heterocycles. The molecule has 0 bridgehead atoms. The van der Waals surface area contributed by atoms with E-state index in [1.54, 1.807) is 11.3 Å². The summed E-state index contributed by atoms with van der Waals surface area (Å²) in [5.74, 6) is 0.206. The lowest BCUT2D eigenvalue weighted by atomic mass is 10.2. The topological polar surface area (TPSA) is 35.6 Å². The number of hydrogen-bond acceptors (Lipinski definition) is 4. The first-order valence-electron chi connectivity index (χ1n) is 6.38. The Labute approximate surface area is 113 Å². The summed E-state index contributed by atoms with van der Waals surface area (Å²) in [6, 6.07) is 4.54. The molecule has 1 atom stereocenters. The van der Waals surface area contributed by atoms with Crippen LogP contribution in [0.15, 0.2) is 17.5 Å². The lowest BCUT2D eigenvalue weighted by Gasteiger charge is -2.34. The van der Waals surface area contributed by atoms with Crippen molar-refractivity contribution in [1.29, 1.82) is 0 Å². The molecule has 1 N–H and O–H groups in total. The molecular weight excluding hydrogens is 246 g/mol. The van der Waals surface area contributed by atoms with Gasteiger partial charge < -0.3 is 10.2 Å². The van der Waals surface area contributed by atoms with Crippen molar-refractivity contribution in [2.24, 2.45) is 0 Å². The first-order chi connectivity index (χ1) is 8.66. The third-order valence-corrected chi connectivity index (χ3v) is 4.24. The molecule has 0 aliphatic carbocycles. The molecule has 1 fully saturated rings. The summed E-state index contributed by atoms with van der Waals surface area (Å²) >= 11 is 1.70. The van der Waals surface area contributed by atoms with E-state index in [2.05, 4.69) is 23.2 Å². The standard InChI is InChI=1S/C13H21N3OS/c1-11-8-14-5-6-16(11)10-13(17)15(2)9-12-4-3-7-18-12/h3-4,7,11,14H,5-6,8-10H2,1-2H3/t11-/m1/s1. The molecule has 1 aromatic rings. The molecule has 1 aliphatic rings. The molecule has 0 unspecified atom stereocenters. The Balaban J connectivity index is 1.83. The Hall–Kier alpha value is -0.910. The molecule has 4 nitrogen and oxygen atoms in total. The number of thiophene rings is 1. The van der Waals surface area contributed by atoms with Crippen molar-refractivity contribution < 1.29 is 4.79 Å². The zero-order chi connectivity index (χ0) is 13.0. The molecule has 5 heteroatoms. The minimum absolute atomic E-state index is 0.206. The van der Waals surface area contributed by atoms with Crippen LogP contribution in [-0.4, -0.2) is 55.0 Å². The number of carbonyl (C=O) groups is 1. The number of nitrogens with zero attached hydrogens (tertiary/aromatic N) is 2. The molecule has 0 saturated carbocycles. The van der Waals surface area contributed by atoms with E-state index in [9.17, 15) is 4.79 Å². The van der Waals surface area contributed by atoms with Crippen molar-refractivity contribution >= 4 is 17.2 Å². The number of hydrogen-bond donors (Lipinski definition) is 1. The van der Waals surface area contributed by atoms with E-state index in [4.69, 9.17) is 0 Å². The highest BCUT2D eigenvalue weighted by atomic mass is 32.1. The van der Waals surface area contributed by atoms with E-state index in [0.717, 1.165) is 26.2 Å². The minimum Gasteiger partial charge on any atom is -0.340 e. The van der Waals surface area contributed by atoms with Gasteiger partial charge in [0, 0.05) is 37.6 Å². The molecule has 1 aromatic heterocycles. The van der Waals surface area contributed by atoms with Gasteiger partial charge in [0.1, 0.15) is 0 Å². The molecule has 0 aromatic carbocycles. The molecular formula is C13H21N3OS. The highest BCUT2D eigenvalue weighted by Crippen LogP contribution is 2.11. The van der Waals surface area contributed by atoms with Crippen LogP contribution >= 0.6 is 11.3 Å². The molecule has 100 valence electrons. The summed E-state index contributed by atoms with van der Waals surface area (Å²) in [7, 11) is 1.88. The lowest BCUT2D eigenvalue weighted by Crippen LogP contribution is -2.52. The average Bonchev–Trinajstić information content (AvgIpc) is 2.84. The molecule has 1 amide bonds. The van der Waals surface area contributed by atoms with Crippen molar-refractivity contribution in [2.45, 2.75) is 19.5 Å². The Kier molecular flexibility index (Phi) is 4.74. The van der Waals surface area contributed by atoms with Gasteiger partial charge in [-0.1, -0.05) is 6.07 Å². The quantitative estimate of drug-likeness (QED) is 0.884. The largest absolute Gasteiger partial charge is 0.340 e. The number of piperazine rings is 1. The van der Waals surface area contributed by atoms with Gasteiger partial charge in [0.15, 0.2) is 0 Å². The smallest absolute Gasteiger partial charge is 0.236 e. The van der Waals surface area contributed by atoms with Crippen LogP contribution in [0.2, 0.25) is 0 Å². The maximum absolute atomic E-state index is 12.2. The van der Waals surface area contributed by atoms with E-state index in [1.807, 2.05) is 23.4 Å². The molecule has 1 saturated heterocycles. The van der Waals surface area contributed by atoms with Gasteiger partial charge in [-0.2, -0.15) is 0 Å². The number of amides is 1. The third kappa shape index (κ3) is 3.54. The maximum atomic E-state index is 12.2. The summed E-state index contributed by atoms with van der Waals surface area (Å²) < 4.78 is 0. The molecule has 2 rings (SSSR count). The van der Waals surface area contributed by atoms with Gasteiger partial charge in [-0.15, -0.1) is 11.3 Å². The number of likely N-dealkylation sites (N-methyl/N-ethyl adjacent to an activating group) is 1. The lowest BCUT2D eigenvalue weighted by molar-refractivity contribution is -0.132. The fourth-order valence-electron chi connectivity index (χ4n) is 2.14. The van der Waals surface area contributed by atoms with Crippen molar-refractivity contribution in [3.63, 3.8) is 0 Å². The van der Waals surface area contributed by atoms with Crippen LogP contribution in [0.5, 0.6) is 0 Å². The van der Waals surface area contributed by atoms with Crippen molar-refractivity contribution in [2.75, 3.05) is 33.2 Å². The number of carbonyl (C=O) groups excluding carboxylic acids is 1. The van der Waals surface area contributed by atoms with Crippen molar-refractivity contribution in [3.8, 4) is 0 Å². The highest BCUT2D eigenvalue weighted by Gasteiger charge is 2.21. The average molecular weight is 267 g/mol. The zero-order valence-corrected chi connectivity index (χ0v) is 11.9. The van der Waals surface area contributed by atoms with Gasteiger partial charge in [-0.25, -0.2) is 0 Å². The molecule has 0 radical (unpaired) electrons. The predicted molar refractivity (Wildman–Crippen MR) is 74.7 cm³/mol. The molecule has 2 heterocycles. The van der Waals surface area contributed by atoms with Crippen LogP contribution in [0.3, 0.4) is 0 Å². The van der Waals surface area contributed by atoms with Crippen LogP contribution in [-0.2, 0) is 11.3 Å². The summed E-state index contributed by atoms with van der Waals surface area (Å²) in [6.07, 6.45) is 0. The normalized spacial score (nSPS) is 20.9. The summed E-state index contributed by atoms with van der Waals surface area (Å²) in [5, 5.41) is 5.39. The van der Waals surface area contributed by atoms with E-state index in [1.165, 1.54) is 4.88 Å². The highest BCUT2D eigenvalue weighted by molar-refractivity contribution is 7.09. The second kappa shape index (κ2) is 6.31. The summed E-state index contributed by atoms with van der Waals surface area (Å²) in [6.45, 7) is 6.33. The Bertz CT molecular complexity index is 380. The number of nitrogens with one attached hydrogen (secondary N) is 1. The van der Waals surface area contributed by atoms with Gasteiger partial charge in [0.05, 0.1) is 13.1 Å². The van der Waals surface area contributed by atoms with Gasteiger partial charge in [-0.3, -0.25) is 9.69 Å². The maximum Gasteiger partial charge on any atom is 0.236 e. The monoisotopic (exact) mass is 267 g/mol. The van der Waals surface area contributed by atoms with Gasteiger partial charge in [0.2, 0.25) is 5.91 Å². The number of rotatable bonds is 4. The van der Waals surface area contributed by atoms with Gasteiger partial charge >= 0.3 is 0 Å². The zero-order valence-electron chi connectivity index (χ0n) is 11.1. The third-order valence-electron chi connectivity index (χ3n) is 3.38. The minimum atomic E-state index is 0.206. The fourth-order valence-corrected chi connectivity index (χ4v) is 2.89. The second-order valence-corrected chi connectivity index (χ2v) is 5.89. The van der Waals surface area contributed by atoms with Crippen LogP contribution < -0.4 is 5.32 Å². The Morgan fingerprint density at radius 2 is 2.50 bits per heavy atom. The van der Waals surface area contributed by atoms with Crippen molar-refractivity contribution in [1.82, 2.24) is 15.1 Å². The van der Waals surface area contributed by atoms with Crippen LogP contribution in [0.4, 0.5) is 0 Å². The Morgan fingerprint density at radius 1 is 1.67 bits per heavy atom. The molecule has 0 spiro atoms. The fraction of sp³-hybridized carbons (Fsp3) is 0.615. The first-order valence-corrected chi connectivity index (χ1v) is 7.26. The van der Waals surface area contributed by atoms with E-state index in [0.29, 0.717) is 12.6 Å². The van der Waals surface area contributed by atoms with Crippen LogP contribution in [0.25, 0.3) is 0 Å². The summed E-state index contributed by atoms with van der Waals surface area (Å²) in [5.41, 5.74) is 0. The predicted octanol–water partition coefficient (Wildman–Crippen LogP) is 1.00. The first kappa shape index (κ1) is 13.5. The van der Waals surface area contributed by atoms with Crippen LogP contribution in [0, 0.1) is 0 Å².